The summed E-state index contributed by atoms with van der Waals surface area (Å²) in [6.45, 7) is 4.49. The number of fused-ring (bicyclic) bond motifs is 1. The Labute approximate surface area is 192 Å². The number of rotatable bonds is 7. The Balaban J connectivity index is 1.72. The molecule has 5 nitrogen and oxygen atoms in total. The van der Waals surface area contributed by atoms with Gasteiger partial charge in [0, 0.05) is 0 Å². The number of methoxy groups -OCH3 is 2. The van der Waals surface area contributed by atoms with Crippen molar-refractivity contribution in [3.05, 3.63) is 82.9 Å². The third kappa shape index (κ3) is 4.46. The molecule has 1 heterocycles. The number of hydrogen-bond donors (Lipinski definition) is 0. The van der Waals surface area contributed by atoms with Crippen LogP contribution < -0.4 is 14.4 Å². The molecule has 0 unspecified atom stereocenters. The highest BCUT2D eigenvalue weighted by Crippen LogP contribution is 2.37. The smallest absolute Gasteiger partial charge is 0.233 e. The van der Waals surface area contributed by atoms with Gasteiger partial charge in [0.2, 0.25) is 5.91 Å². The molecule has 0 aliphatic heterocycles. The monoisotopic (exact) mass is 446 g/mol. The van der Waals surface area contributed by atoms with Crippen molar-refractivity contribution in [2.45, 2.75) is 26.8 Å². The van der Waals surface area contributed by atoms with Crippen LogP contribution in [0.15, 0.2) is 60.7 Å². The molecule has 0 bridgehead atoms. The Morgan fingerprint density at radius 1 is 0.906 bits per heavy atom. The molecule has 4 aromatic rings. The summed E-state index contributed by atoms with van der Waals surface area (Å²) < 4.78 is 11.9. The number of amides is 1. The van der Waals surface area contributed by atoms with E-state index in [1.54, 1.807) is 19.1 Å². The molecule has 0 N–H and O–H groups in total. The van der Waals surface area contributed by atoms with Crippen molar-refractivity contribution in [2.75, 3.05) is 19.1 Å². The summed E-state index contributed by atoms with van der Waals surface area (Å²) in [5.74, 6) is 1.52. The third-order valence-electron chi connectivity index (χ3n) is 5.44. The molecule has 0 spiro atoms. The molecule has 164 valence electrons. The molecule has 0 aliphatic rings. The van der Waals surface area contributed by atoms with E-state index in [0.29, 0.717) is 17.4 Å². The average Bonchev–Trinajstić information content (AvgIpc) is 3.24. The lowest BCUT2D eigenvalue weighted by atomic mass is 10.1. The molecule has 0 saturated carbocycles. The second kappa shape index (κ2) is 9.40. The second-order valence-corrected chi connectivity index (χ2v) is 8.68. The summed E-state index contributed by atoms with van der Waals surface area (Å²) in [5, 5.41) is 0.673. The number of nitrogens with zero attached hydrogens (tertiary/aromatic N) is 2. The largest absolute Gasteiger partial charge is 0.496 e. The minimum Gasteiger partial charge on any atom is -0.496 e. The number of aromatic nitrogens is 1. The van der Waals surface area contributed by atoms with Gasteiger partial charge < -0.3 is 9.47 Å². The fraction of sp³-hybridized carbons (Fsp3) is 0.231. The molecule has 6 heteroatoms. The predicted molar refractivity (Wildman–Crippen MR) is 130 cm³/mol. The van der Waals surface area contributed by atoms with Crippen molar-refractivity contribution in [1.82, 2.24) is 4.98 Å². The van der Waals surface area contributed by atoms with Crippen LogP contribution in [0, 0.1) is 13.8 Å². The SMILES string of the molecule is COc1ccc(CC(=O)N(Cc2ccccc2)c2nc3c(OC)ccc(C)c3s2)cc1C. The standard InChI is InChI=1S/C26H26N2O3S/c1-17-10-12-22(31-4)24-25(17)32-26(27-24)28(16-19-8-6-5-7-9-19)23(29)15-20-11-13-21(30-3)18(2)14-20/h5-14H,15-16H2,1-4H3. The molecule has 32 heavy (non-hydrogen) atoms. The van der Waals surface area contributed by atoms with Gasteiger partial charge in [-0.25, -0.2) is 4.98 Å². The minimum atomic E-state index is -0.00547. The van der Waals surface area contributed by atoms with Crippen LogP contribution in [-0.2, 0) is 17.8 Å². The molecular formula is C26H26N2O3S. The van der Waals surface area contributed by atoms with E-state index in [0.717, 1.165) is 38.2 Å². The van der Waals surface area contributed by atoms with Gasteiger partial charge in [0.05, 0.1) is 31.9 Å². The lowest BCUT2D eigenvalue weighted by Gasteiger charge is -2.20. The molecule has 0 fully saturated rings. The summed E-state index contributed by atoms with van der Waals surface area (Å²) in [6, 6.07) is 19.8. The molecule has 0 aliphatic carbocycles. The van der Waals surface area contributed by atoms with E-state index < -0.39 is 0 Å². The number of carbonyl (C=O) groups is 1. The number of hydrogen-bond acceptors (Lipinski definition) is 5. The van der Waals surface area contributed by atoms with Crippen molar-refractivity contribution in [3.8, 4) is 11.5 Å². The molecule has 0 atom stereocenters. The summed E-state index contributed by atoms with van der Waals surface area (Å²) in [4.78, 5) is 20.1. The molecule has 0 saturated heterocycles. The van der Waals surface area contributed by atoms with E-state index >= 15 is 0 Å². The summed E-state index contributed by atoms with van der Waals surface area (Å²) in [6.07, 6.45) is 0.281. The quantitative estimate of drug-likeness (QED) is 0.365. The normalized spacial score (nSPS) is 10.9. The van der Waals surface area contributed by atoms with Gasteiger partial charge in [0.1, 0.15) is 17.0 Å². The Bertz CT molecular complexity index is 1250. The third-order valence-corrected chi connectivity index (χ3v) is 6.66. The number of aryl methyl sites for hydroxylation is 2. The van der Waals surface area contributed by atoms with E-state index in [1.165, 1.54) is 11.3 Å². The van der Waals surface area contributed by atoms with Crippen LogP contribution in [0.5, 0.6) is 11.5 Å². The Kier molecular flexibility index (Phi) is 6.42. The van der Waals surface area contributed by atoms with E-state index in [4.69, 9.17) is 14.5 Å². The predicted octanol–water partition coefficient (Wildman–Crippen LogP) is 5.71. The summed E-state index contributed by atoms with van der Waals surface area (Å²) in [7, 11) is 3.29. The maximum atomic E-state index is 13.5. The molecular weight excluding hydrogens is 420 g/mol. The van der Waals surface area contributed by atoms with Crippen LogP contribution in [-0.4, -0.2) is 25.1 Å². The number of ether oxygens (including phenoxy) is 2. The van der Waals surface area contributed by atoms with Crippen LogP contribution >= 0.6 is 11.3 Å². The highest BCUT2D eigenvalue weighted by Gasteiger charge is 2.22. The molecule has 4 rings (SSSR count). The van der Waals surface area contributed by atoms with Gasteiger partial charge in [0.25, 0.3) is 0 Å². The average molecular weight is 447 g/mol. The van der Waals surface area contributed by atoms with Crippen LogP contribution in [0.25, 0.3) is 10.2 Å². The first-order valence-electron chi connectivity index (χ1n) is 10.4. The zero-order valence-corrected chi connectivity index (χ0v) is 19.5. The van der Waals surface area contributed by atoms with Crippen LogP contribution in [0.4, 0.5) is 5.13 Å². The first-order chi connectivity index (χ1) is 15.5. The number of benzene rings is 3. The summed E-state index contributed by atoms with van der Waals surface area (Å²) in [5.41, 5.74) is 4.91. The lowest BCUT2D eigenvalue weighted by Crippen LogP contribution is -2.31. The van der Waals surface area contributed by atoms with Crippen molar-refractivity contribution < 1.29 is 14.3 Å². The molecule has 1 aromatic heterocycles. The Morgan fingerprint density at radius 3 is 2.31 bits per heavy atom. The second-order valence-electron chi connectivity index (χ2n) is 7.71. The fourth-order valence-corrected chi connectivity index (χ4v) is 4.80. The topological polar surface area (TPSA) is 51.7 Å². The van der Waals surface area contributed by atoms with E-state index in [1.807, 2.05) is 74.5 Å². The number of carbonyl (C=O) groups excluding carboxylic acids is 1. The van der Waals surface area contributed by atoms with Gasteiger partial charge in [-0.1, -0.05) is 59.9 Å². The highest BCUT2D eigenvalue weighted by atomic mass is 32.1. The maximum absolute atomic E-state index is 13.5. The molecule has 3 aromatic carbocycles. The maximum Gasteiger partial charge on any atom is 0.233 e. The van der Waals surface area contributed by atoms with Gasteiger partial charge in [-0.05, 0) is 48.2 Å². The highest BCUT2D eigenvalue weighted by molar-refractivity contribution is 7.22. The zero-order valence-electron chi connectivity index (χ0n) is 18.7. The Morgan fingerprint density at radius 2 is 1.62 bits per heavy atom. The number of anilines is 1. The lowest BCUT2D eigenvalue weighted by molar-refractivity contribution is -0.118. The Hall–Kier alpha value is -3.38. The van der Waals surface area contributed by atoms with Gasteiger partial charge >= 0.3 is 0 Å². The minimum absolute atomic E-state index is 0.00547. The van der Waals surface area contributed by atoms with Gasteiger partial charge in [-0.2, -0.15) is 0 Å². The van der Waals surface area contributed by atoms with Crippen molar-refractivity contribution in [2.24, 2.45) is 0 Å². The van der Waals surface area contributed by atoms with Gasteiger partial charge in [-0.15, -0.1) is 0 Å². The van der Waals surface area contributed by atoms with E-state index in [9.17, 15) is 4.79 Å². The molecule has 1 amide bonds. The first-order valence-corrected chi connectivity index (χ1v) is 11.2. The summed E-state index contributed by atoms with van der Waals surface area (Å²) >= 11 is 1.52. The van der Waals surface area contributed by atoms with Crippen LogP contribution in [0.2, 0.25) is 0 Å². The fourth-order valence-electron chi connectivity index (χ4n) is 3.73. The van der Waals surface area contributed by atoms with Gasteiger partial charge in [0.15, 0.2) is 5.13 Å². The van der Waals surface area contributed by atoms with Crippen molar-refractivity contribution in [1.29, 1.82) is 0 Å². The zero-order chi connectivity index (χ0) is 22.7. The number of thiazole rings is 1. The van der Waals surface area contributed by atoms with Crippen molar-refractivity contribution in [3.63, 3.8) is 0 Å². The van der Waals surface area contributed by atoms with E-state index in [-0.39, 0.29) is 12.3 Å². The molecule has 0 radical (unpaired) electrons. The first kappa shape index (κ1) is 21.8. The van der Waals surface area contributed by atoms with Crippen LogP contribution in [0.1, 0.15) is 22.3 Å². The van der Waals surface area contributed by atoms with Gasteiger partial charge in [-0.3, -0.25) is 9.69 Å². The van der Waals surface area contributed by atoms with Crippen LogP contribution in [0.3, 0.4) is 0 Å². The van der Waals surface area contributed by atoms with E-state index in [2.05, 4.69) is 0 Å². The van der Waals surface area contributed by atoms with Crippen molar-refractivity contribution >= 4 is 32.6 Å².